The number of carbonyl (C=O) groups excluding carboxylic acids is 3. The number of hydrogen-bond acceptors (Lipinski definition) is 7. The number of hydrogen-bond donors (Lipinski definition) is 0. The molecule has 7 heteroatoms. The van der Waals surface area contributed by atoms with Crippen LogP contribution in [0.2, 0.25) is 0 Å². The molecule has 322 valence electrons. The molecule has 4 aromatic carbocycles. The first-order chi connectivity index (χ1) is 29.4. The maximum Gasteiger partial charge on any atom is 0.311 e. The average molecular weight is 817 g/mol. The zero-order valence-electron chi connectivity index (χ0n) is 36.3. The molecule has 0 fully saturated rings. The van der Waals surface area contributed by atoms with Gasteiger partial charge < -0.3 is 18.9 Å². The highest BCUT2D eigenvalue weighted by molar-refractivity contribution is 6.09. The quantitative estimate of drug-likeness (QED) is 0.0164. The number of ether oxygens (including phenoxy) is 4. The molecule has 0 saturated carbocycles. The van der Waals surface area contributed by atoms with Crippen LogP contribution in [-0.2, 0) is 22.8 Å². The van der Waals surface area contributed by atoms with Crippen molar-refractivity contribution in [2.24, 2.45) is 0 Å². The van der Waals surface area contributed by atoms with Gasteiger partial charge in [-0.3, -0.25) is 14.4 Å². The monoisotopic (exact) mass is 816 g/mol. The Morgan fingerprint density at radius 3 is 1.37 bits per heavy atom. The smallest absolute Gasteiger partial charge is 0.311 e. The summed E-state index contributed by atoms with van der Waals surface area (Å²) in [6.07, 6.45) is 24.3. The summed E-state index contributed by atoms with van der Waals surface area (Å²) in [7, 11) is 0. The summed E-state index contributed by atoms with van der Waals surface area (Å²) in [5.41, 5.74) is 2.77. The lowest BCUT2D eigenvalue weighted by Gasteiger charge is -2.13. The lowest BCUT2D eigenvalue weighted by atomic mass is 10.1. The Kier molecular flexibility index (Phi) is 23.1. The fourth-order valence-electron chi connectivity index (χ4n) is 6.96. The lowest BCUT2D eigenvalue weighted by molar-refractivity contribution is -0.135. The van der Waals surface area contributed by atoms with Gasteiger partial charge in [-0.1, -0.05) is 177 Å². The Labute approximate surface area is 359 Å². The molecule has 60 heavy (non-hydrogen) atoms. The summed E-state index contributed by atoms with van der Waals surface area (Å²) in [4.78, 5) is 40.1. The number of unbranched alkanes of at least 4 members (excludes halogenated alkanes) is 16. The van der Waals surface area contributed by atoms with E-state index in [0.29, 0.717) is 42.4 Å². The van der Waals surface area contributed by atoms with Gasteiger partial charge in [-0.15, -0.1) is 0 Å². The fourth-order valence-corrected chi connectivity index (χ4v) is 6.96. The van der Waals surface area contributed by atoms with Crippen LogP contribution in [0.3, 0.4) is 0 Å². The minimum Gasteiger partial charge on any atom is -0.489 e. The van der Waals surface area contributed by atoms with Crippen LogP contribution in [0.4, 0.5) is 0 Å². The molecule has 7 nitrogen and oxygen atoms in total. The van der Waals surface area contributed by atoms with E-state index in [1.54, 1.807) is 42.5 Å². The van der Waals surface area contributed by atoms with Crippen molar-refractivity contribution >= 4 is 23.8 Å². The summed E-state index contributed by atoms with van der Waals surface area (Å²) in [5.74, 6) is 0.399. The molecule has 0 aromatic heterocycles. The molecule has 0 N–H and O–H groups in total. The highest BCUT2D eigenvalue weighted by Gasteiger charge is 2.17. The maximum absolute atomic E-state index is 13.8. The SMILES string of the molecule is CCCCCCCCCCCC(=O)Oc1cc(OCc2ccccc2)ccc1C=CC(=O)c1ccc(OCc2ccccc2)cc1OC(=O)CCCCCCCCCCC. The second-order valence-electron chi connectivity index (χ2n) is 15.7. The van der Waals surface area contributed by atoms with Crippen LogP contribution in [0.25, 0.3) is 6.08 Å². The van der Waals surface area contributed by atoms with Crippen molar-refractivity contribution in [3.63, 3.8) is 0 Å². The van der Waals surface area contributed by atoms with Crippen LogP contribution in [0.5, 0.6) is 23.0 Å². The maximum atomic E-state index is 13.8. The second-order valence-corrected chi connectivity index (χ2v) is 15.7. The molecule has 0 unspecified atom stereocenters. The predicted octanol–water partition coefficient (Wildman–Crippen LogP) is 14.4. The first-order valence-electron chi connectivity index (χ1n) is 22.7. The molecule has 0 aliphatic rings. The van der Waals surface area contributed by atoms with Gasteiger partial charge in [0.15, 0.2) is 5.78 Å². The molecular weight excluding hydrogens is 749 g/mol. The number of carbonyl (C=O) groups is 3. The standard InChI is InChI=1S/C53H68O7/c1-3-5-7-9-11-13-15-17-25-31-52(55)59-50-39-46(57-41-43-27-21-19-22-28-43)35-33-45(50)34-38-49(54)48-37-36-47(58-42-44-29-23-20-24-30-44)40-51(48)60-53(56)32-26-18-16-14-12-10-8-6-4-2/h19-24,27-30,33-40H,3-18,25-26,31-32,41-42H2,1-2H3. The van der Waals surface area contributed by atoms with E-state index in [1.807, 2.05) is 60.7 Å². The third kappa shape index (κ3) is 19.3. The number of benzene rings is 4. The number of esters is 2. The molecule has 0 radical (unpaired) electrons. The molecule has 0 amide bonds. The van der Waals surface area contributed by atoms with Crippen LogP contribution in [-0.4, -0.2) is 17.7 Å². The van der Waals surface area contributed by atoms with Crippen molar-refractivity contribution in [3.8, 4) is 23.0 Å². The van der Waals surface area contributed by atoms with Crippen molar-refractivity contribution in [1.29, 1.82) is 0 Å². The largest absolute Gasteiger partial charge is 0.489 e. The number of allylic oxidation sites excluding steroid dienone is 1. The molecule has 4 rings (SSSR count). The molecule has 0 spiro atoms. The summed E-state index contributed by atoms with van der Waals surface area (Å²) in [6.45, 7) is 5.13. The Bertz CT molecular complexity index is 1850. The van der Waals surface area contributed by atoms with E-state index >= 15 is 0 Å². The van der Waals surface area contributed by atoms with E-state index in [0.717, 1.165) is 49.7 Å². The van der Waals surface area contributed by atoms with Crippen LogP contribution in [0.15, 0.2) is 103 Å². The van der Waals surface area contributed by atoms with Gasteiger partial charge >= 0.3 is 11.9 Å². The minimum absolute atomic E-state index is 0.147. The minimum atomic E-state index is -0.386. The van der Waals surface area contributed by atoms with E-state index < -0.39 is 0 Å². The first-order valence-corrected chi connectivity index (χ1v) is 22.7. The van der Waals surface area contributed by atoms with Crippen LogP contribution >= 0.6 is 0 Å². The van der Waals surface area contributed by atoms with Gasteiger partial charge in [-0.25, -0.2) is 0 Å². The number of ketones is 1. The summed E-state index contributed by atoms with van der Waals surface area (Å²) in [6, 6.07) is 29.8. The van der Waals surface area contributed by atoms with E-state index in [-0.39, 0.29) is 35.5 Å². The van der Waals surface area contributed by atoms with Gasteiger partial charge in [0.1, 0.15) is 36.2 Å². The molecule has 0 heterocycles. The van der Waals surface area contributed by atoms with Crippen molar-refractivity contribution in [2.75, 3.05) is 0 Å². The van der Waals surface area contributed by atoms with Crippen molar-refractivity contribution in [2.45, 2.75) is 155 Å². The highest BCUT2D eigenvalue weighted by atomic mass is 16.5. The topological polar surface area (TPSA) is 88.1 Å². The average Bonchev–Trinajstić information content (AvgIpc) is 3.27. The summed E-state index contributed by atoms with van der Waals surface area (Å²) >= 11 is 0. The highest BCUT2D eigenvalue weighted by Crippen LogP contribution is 2.30. The van der Waals surface area contributed by atoms with Gasteiger partial charge in [0.25, 0.3) is 0 Å². The Balaban J connectivity index is 1.44. The predicted molar refractivity (Wildman–Crippen MR) is 243 cm³/mol. The van der Waals surface area contributed by atoms with Gasteiger partial charge in [-0.2, -0.15) is 0 Å². The molecule has 0 bridgehead atoms. The lowest BCUT2D eigenvalue weighted by Crippen LogP contribution is -2.11. The van der Waals surface area contributed by atoms with Gasteiger partial charge in [0.05, 0.1) is 5.56 Å². The van der Waals surface area contributed by atoms with E-state index in [4.69, 9.17) is 18.9 Å². The molecule has 4 aromatic rings. The van der Waals surface area contributed by atoms with Crippen LogP contribution in [0.1, 0.15) is 169 Å². The molecule has 0 atom stereocenters. The second kappa shape index (κ2) is 29.1. The number of rotatable bonds is 31. The molecule has 0 aliphatic carbocycles. The van der Waals surface area contributed by atoms with E-state index in [2.05, 4.69) is 13.8 Å². The zero-order valence-corrected chi connectivity index (χ0v) is 36.3. The Hall–Kier alpha value is -5.17. The third-order valence-corrected chi connectivity index (χ3v) is 10.5. The van der Waals surface area contributed by atoms with Gasteiger partial charge in [-0.05, 0) is 60.4 Å². The van der Waals surface area contributed by atoms with Crippen molar-refractivity contribution in [3.05, 3.63) is 125 Å². The van der Waals surface area contributed by atoms with Gasteiger partial charge in [0, 0.05) is 30.5 Å². The normalized spacial score (nSPS) is 11.1. The van der Waals surface area contributed by atoms with Crippen LogP contribution in [0, 0.1) is 0 Å². The molecule has 0 saturated heterocycles. The molecule has 0 aliphatic heterocycles. The van der Waals surface area contributed by atoms with Crippen LogP contribution < -0.4 is 18.9 Å². The Morgan fingerprint density at radius 1 is 0.467 bits per heavy atom. The van der Waals surface area contributed by atoms with E-state index in [9.17, 15) is 14.4 Å². The van der Waals surface area contributed by atoms with Crippen molar-refractivity contribution in [1.82, 2.24) is 0 Å². The molecular formula is C53H68O7. The summed E-state index contributed by atoms with van der Waals surface area (Å²) in [5, 5.41) is 0. The zero-order chi connectivity index (χ0) is 42.5. The fraction of sp³-hybridized carbons (Fsp3) is 0.453. The first kappa shape index (κ1) is 47.5. The Morgan fingerprint density at radius 2 is 0.883 bits per heavy atom. The van der Waals surface area contributed by atoms with Crippen molar-refractivity contribution < 1.29 is 33.3 Å². The third-order valence-electron chi connectivity index (χ3n) is 10.5. The van der Waals surface area contributed by atoms with E-state index in [1.165, 1.54) is 83.1 Å². The summed E-state index contributed by atoms with van der Waals surface area (Å²) < 4.78 is 23.9. The van der Waals surface area contributed by atoms with Gasteiger partial charge in [0.2, 0.25) is 0 Å².